The first-order chi connectivity index (χ1) is 12.3. The fourth-order valence-corrected chi connectivity index (χ4v) is 3.08. The minimum absolute atomic E-state index is 0.0658. The summed E-state index contributed by atoms with van der Waals surface area (Å²) in [4.78, 5) is 14.3. The molecule has 0 spiro atoms. The monoisotopic (exact) mass is 338 g/mol. The fourth-order valence-electron chi connectivity index (χ4n) is 3.08. The number of H-pyrrole nitrogens is 1. The molecule has 1 saturated heterocycles. The van der Waals surface area contributed by atoms with Crippen LogP contribution < -0.4 is 0 Å². The molecule has 4 rings (SSSR count). The third kappa shape index (κ3) is 3.60. The summed E-state index contributed by atoms with van der Waals surface area (Å²) < 4.78 is 18.8. The zero-order valence-corrected chi connectivity index (χ0v) is 13.7. The van der Waals surface area contributed by atoms with Gasteiger partial charge in [0.15, 0.2) is 0 Å². The van der Waals surface area contributed by atoms with Crippen LogP contribution in [0.15, 0.2) is 55.0 Å². The smallest absolute Gasteiger partial charge is 0.126 e. The molecule has 3 aromatic rings. The molecule has 0 saturated carbocycles. The van der Waals surface area contributed by atoms with Gasteiger partial charge in [-0.2, -0.15) is 0 Å². The van der Waals surface area contributed by atoms with Crippen LogP contribution in [0.5, 0.6) is 0 Å². The van der Waals surface area contributed by atoms with Crippen molar-refractivity contribution < 1.29 is 9.13 Å². The van der Waals surface area contributed by atoms with Gasteiger partial charge in [0.25, 0.3) is 0 Å². The molecule has 1 unspecified atom stereocenters. The van der Waals surface area contributed by atoms with Crippen LogP contribution in [0, 0.1) is 5.82 Å². The van der Waals surface area contributed by atoms with E-state index in [4.69, 9.17) is 4.74 Å². The lowest BCUT2D eigenvalue weighted by Crippen LogP contribution is -2.39. The summed E-state index contributed by atoms with van der Waals surface area (Å²) in [7, 11) is 0. The van der Waals surface area contributed by atoms with E-state index in [-0.39, 0.29) is 11.9 Å². The predicted octanol–water partition coefficient (Wildman–Crippen LogP) is 3.18. The summed E-state index contributed by atoms with van der Waals surface area (Å²) in [5.41, 5.74) is 3.01. The molecule has 6 heteroatoms. The molecule has 1 aliphatic rings. The Morgan fingerprint density at radius 3 is 2.76 bits per heavy atom. The first kappa shape index (κ1) is 15.9. The Morgan fingerprint density at radius 2 is 1.96 bits per heavy atom. The Hall–Kier alpha value is -2.57. The van der Waals surface area contributed by atoms with Crippen molar-refractivity contribution in [3.63, 3.8) is 0 Å². The van der Waals surface area contributed by atoms with Gasteiger partial charge in [0, 0.05) is 25.5 Å². The van der Waals surface area contributed by atoms with Crippen LogP contribution in [0.4, 0.5) is 4.39 Å². The second-order valence-corrected chi connectivity index (χ2v) is 6.11. The molecule has 1 atom stereocenters. The SMILES string of the molecule is Fc1ccc(-c2cnc(C3COCCN3Cc3ccncc3)[nH]2)cc1. The summed E-state index contributed by atoms with van der Waals surface area (Å²) >= 11 is 0. The van der Waals surface area contributed by atoms with Crippen molar-refractivity contribution in [2.45, 2.75) is 12.6 Å². The summed E-state index contributed by atoms with van der Waals surface area (Å²) in [6.07, 6.45) is 5.41. The second-order valence-electron chi connectivity index (χ2n) is 6.11. The van der Waals surface area contributed by atoms with E-state index in [9.17, 15) is 4.39 Å². The lowest BCUT2D eigenvalue weighted by molar-refractivity contribution is -0.0156. The second kappa shape index (κ2) is 7.13. The van der Waals surface area contributed by atoms with Crippen molar-refractivity contribution in [1.82, 2.24) is 19.9 Å². The molecule has 0 radical (unpaired) electrons. The number of nitrogens with zero attached hydrogens (tertiary/aromatic N) is 3. The topological polar surface area (TPSA) is 54.0 Å². The molecular weight excluding hydrogens is 319 g/mol. The fraction of sp³-hybridized carbons (Fsp3) is 0.263. The van der Waals surface area contributed by atoms with Crippen molar-refractivity contribution in [3.8, 4) is 11.3 Å². The van der Waals surface area contributed by atoms with E-state index in [1.54, 1.807) is 18.3 Å². The highest BCUT2D eigenvalue weighted by Crippen LogP contribution is 2.26. The molecule has 1 aromatic carbocycles. The van der Waals surface area contributed by atoms with E-state index >= 15 is 0 Å². The van der Waals surface area contributed by atoms with E-state index in [0.717, 1.165) is 30.2 Å². The number of imidazole rings is 1. The third-order valence-electron chi connectivity index (χ3n) is 4.44. The van der Waals surface area contributed by atoms with Gasteiger partial charge in [-0.1, -0.05) is 0 Å². The van der Waals surface area contributed by atoms with Crippen LogP contribution in [-0.4, -0.2) is 39.6 Å². The highest BCUT2D eigenvalue weighted by atomic mass is 19.1. The molecule has 0 bridgehead atoms. The molecule has 1 fully saturated rings. The van der Waals surface area contributed by atoms with Crippen LogP contribution in [0.3, 0.4) is 0 Å². The zero-order chi connectivity index (χ0) is 17.1. The Labute approximate surface area is 145 Å². The molecule has 5 nitrogen and oxygen atoms in total. The van der Waals surface area contributed by atoms with Gasteiger partial charge in [0.2, 0.25) is 0 Å². The maximum atomic E-state index is 13.1. The molecule has 1 aliphatic heterocycles. The molecule has 0 amide bonds. The number of aromatic amines is 1. The van der Waals surface area contributed by atoms with E-state index in [1.165, 1.54) is 17.7 Å². The van der Waals surface area contributed by atoms with Crippen molar-refractivity contribution in [2.75, 3.05) is 19.8 Å². The predicted molar refractivity (Wildman–Crippen MR) is 92.2 cm³/mol. The van der Waals surface area contributed by atoms with E-state index < -0.39 is 0 Å². The van der Waals surface area contributed by atoms with Gasteiger partial charge in [0.05, 0.1) is 31.1 Å². The number of aromatic nitrogens is 3. The molecule has 1 N–H and O–H groups in total. The van der Waals surface area contributed by atoms with Crippen molar-refractivity contribution in [2.24, 2.45) is 0 Å². The maximum Gasteiger partial charge on any atom is 0.126 e. The molecule has 128 valence electrons. The normalized spacial score (nSPS) is 18.4. The Balaban J connectivity index is 1.55. The van der Waals surface area contributed by atoms with Crippen LogP contribution in [0.1, 0.15) is 17.4 Å². The minimum Gasteiger partial charge on any atom is -0.378 e. The van der Waals surface area contributed by atoms with Crippen LogP contribution >= 0.6 is 0 Å². The van der Waals surface area contributed by atoms with Crippen LogP contribution in [-0.2, 0) is 11.3 Å². The lowest BCUT2D eigenvalue weighted by Gasteiger charge is -2.34. The number of hydrogen-bond acceptors (Lipinski definition) is 4. The number of pyridine rings is 1. The molecule has 3 heterocycles. The number of ether oxygens (including phenoxy) is 1. The molecule has 0 aliphatic carbocycles. The standard InChI is InChI=1S/C19H19FN4O/c20-16-3-1-15(2-4-16)17-11-22-19(23-17)18-13-25-10-9-24(18)12-14-5-7-21-8-6-14/h1-8,11,18H,9-10,12-13H2,(H,22,23). The van der Waals surface area contributed by atoms with Crippen molar-refractivity contribution >= 4 is 0 Å². The quantitative estimate of drug-likeness (QED) is 0.794. The average molecular weight is 338 g/mol. The minimum atomic E-state index is -0.243. The van der Waals surface area contributed by atoms with E-state index in [1.807, 2.05) is 24.5 Å². The number of morpholine rings is 1. The van der Waals surface area contributed by atoms with E-state index in [0.29, 0.717) is 13.2 Å². The van der Waals surface area contributed by atoms with Crippen LogP contribution in [0.25, 0.3) is 11.3 Å². The van der Waals surface area contributed by atoms with E-state index in [2.05, 4.69) is 19.9 Å². The third-order valence-corrected chi connectivity index (χ3v) is 4.44. The Kier molecular flexibility index (Phi) is 4.54. The summed E-state index contributed by atoms with van der Waals surface area (Å²) in [5, 5.41) is 0. The largest absolute Gasteiger partial charge is 0.378 e. The summed E-state index contributed by atoms with van der Waals surface area (Å²) in [5.74, 6) is 0.626. The van der Waals surface area contributed by atoms with Crippen molar-refractivity contribution in [1.29, 1.82) is 0 Å². The maximum absolute atomic E-state index is 13.1. The first-order valence-corrected chi connectivity index (χ1v) is 8.31. The first-order valence-electron chi connectivity index (χ1n) is 8.31. The number of halogens is 1. The van der Waals surface area contributed by atoms with Gasteiger partial charge in [0.1, 0.15) is 11.6 Å². The molecular formula is C19H19FN4O. The lowest BCUT2D eigenvalue weighted by atomic mass is 10.1. The van der Waals surface area contributed by atoms with Gasteiger partial charge in [-0.05, 0) is 47.5 Å². The highest BCUT2D eigenvalue weighted by Gasteiger charge is 2.27. The number of rotatable bonds is 4. The molecule has 25 heavy (non-hydrogen) atoms. The molecule has 2 aromatic heterocycles. The Bertz CT molecular complexity index is 819. The number of nitrogens with one attached hydrogen (secondary N) is 1. The van der Waals surface area contributed by atoms with Gasteiger partial charge >= 0.3 is 0 Å². The summed E-state index contributed by atoms with van der Waals surface area (Å²) in [6, 6.07) is 10.5. The highest BCUT2D eigenvalue weighted by molar-refractivity contribution is 5.58. The Morgan fingerprint density at radius 1 is 1.16 bits per heavy atom. The summed E-state index contributed by atoms with van der Waals surface area (Å²) in [6.45, 7) is 2.98. The van der Waals surface area contributed by atoms with Gasteiger partial charge in [-0.15, -0.1) is 0 Å². The van der Waals surface area contributed by atoms with Gasteiger partial charge in [-0.25, -0.2) is 9.37 Å². The van der Waals surface area contributed by atoms with Gasteiger partial charge < -0.3 is 9.72 Å². The number of benzene rings is 1. The number of hydrogen-bond donors (Lipinski definition) is 1. The zero-order valence-electron chi connectivity index (χ0n) is 13.7. The average Bonchev–Trinajstić information content (AvgIpc) is 3.14. The van der Waals surface area contributed by atoms with Gasteiger partial charge in [-0.3, -0.25) is 9.88 Å². The van der Waals surface area contributed by atoms with Crippen LogP contribution in [0.2, 0.25) is 0 Å². The van der Waals surface area contributed by atoms with Crippen molar-refractivity contribution in [3.05, 3.63) is 72.2 Å².